The summed E-state index contributed by atoms with van der Waals surface area (Å²) in [6.07, 6.45) is 5.45. The number of aromatic nitrogens is 4. The lowest BCUT2D eigenvalue weighted by molar-refractivity contribution is -0.136. The van der Waals surface area contributed by atoms with E-state index in [4.69, 9.17) is 14.5 Å². The van der Waals surface area contributed by atoms with Gasteiger partial charge >= 0.3 is 12.2 Å². The Labute approximate surface area is 405 Å². The van der Waals surface area contributed by atoms with Crippen LogP contribution in [0.5, 0.6) is 0 Å². The number of hydrogen-bond donors (Lipinski definition) is 4. The second-order valence-corrected chi connectivity index (χ2v) is 20.4. The number of hydrogen-bond acceptors (Lipinski definition) is 9. The van der Waals surface area contributed by atoms with Crippen molar-refractivity contribution in [2.24, 2.45) is 17.3 Å². The first kappa shape index (κ1) is 48.4. The van der Waals surface area contributed by atoms with E-state index in [0.29, 0.717) is 16.7 Å². The van der Waals surface area contributed by atoms with Crippen LogP contribution in [-0.4, -0.2) is 105 Å². The summed E-state index contributed by atoms with van der Waals surface area (Å²) >= 11 is 0. The minimum Gasteiger partial charge on any atom is -0.453 e. The van der Waals surface area contributed by atoms with Crippen molar-refractivity contribution in [3.8, 4) is 33.5 Å². The highest BCUT2D eigenvalue weighted by Gasteiger charge is 2.44. The number of alkyl halides is 2. The molecule has 1 saturated carbocycles. The number of fused-ring (bicyclic) bond motifs is 2. The van der Waals surface area contributed by atoms with Crippen molar-refractivity contribution in [3.63, 3.8) is 0 Å². The summed E-state index contributed by atoms with van der Waals surface area (Å²) in [5.74, 6) is -0.776. The number of methoxy groups -OCH3 is 2. The minimum absolute atomic E-state index is 0.0438. The number of alkyl carbamates (subject to hydrolysis) is 2. The molecule has 2 aliphatic carbocycles. The van der Waals surface area contributed by atoms with E-state index in [1.807, 2.05) is 44.2 Å². The maximum absolute atomic E-state index is 15.1. The van der Waals surface area contributed by atoms with Crippen molar-refractivity contribution < 1.29 is 37.4 Å². The quantitative estimate of drug-likeness (QED) is 0.100. The third-order valence-corrected chi connectivity index (χ3v) is 15.1. The number of rotatable bonds is 11. The van der Waals surface area contributed by atoms with E-state index < -0.39 is 60.5 Å². The molecule has 1 spiro atoms. The van der Waals surface area contributed by atoms with E-state index in [1.54, 1.807) is 20.0 Å². The van der Waals surface area contributed by atoms with Crippen LogP contribution >= 0.6 is 0 Å². The van der Waals surface area contributed by atoms with Crippen molar-refractivity contribution in [2.75, 3.05) is 27.3 Å². The number of carbonyl (C=O) groups is 4. The average molecular weight is 961 g/mol. The van der Waals surface area contributed by atoms with Crippen molar-refractivity contribution >= 4 is 34.9 Å². The molecule has 15 nitrogen and oxygen atoms in total. The van der Waals surface area contributed by atoms with Gasteiger partial charge in [-0.25, -0.2) is 28.3 Å². The average Bonchev–Trinajstić information content (AvgIpc) is 4.17. The number of imidazole rings is 1. The van der Waals surface area contributed by atoms with Crippen LogP contribution in [0.3, 0.4) is 0 Å². The van der Waals surface area contributed by atoms with Gasteiger partial charge in [0.15, 0.2) is 0 Å². The van der Waals surface area contributed by atoms with E-state index in [1.165, 1.54) is 54.4 Å². The number of nitrogens with one attached hydrogen (secondary N) is 4. The number of benzene rings is 3. The molecule has 370 valence electrons. The third kappa shape index (κ3) is 9.38. The highest BCUT2D eigenvalue weighted by Crippen LogP contribution is 2.52. The molecule has 3 fully saturated rings. The SMILES string of the molecule is COC(=O)N[C@H](C(=O)N1C[C@H](F)C[C@@H]1c1ncc(-c2ccc(-c3ccc(-c4ccc5nc([C@@H]6C[C@H](F)CN6C(=O)[C@@H](NC(=O)OC)C(C)C)[nH]c(=O)c5c4)c4c3CC3(CCCCC3)C4)cc2)[nH]1)C(C)C. The highest BCUT2D eigenvalue weighted by atomic mass is 19.1. The van der Waals surface area contributed by atoms with Gasteiger partial charge in [0.2, 0.25) is 11.8 Å². The summed E-state index contributed by atoms with van der Waals surface area (Å²) in [5.41, 5.74) is 8.56. The maximum atomic E-state index is 15.1. The Morgan fingerprint density at radius 3 is 1.76 bits per heavy atom. The molecule has 9 rings (SSSR count). The molecule has 2 aromatic heterocycles. The molecule has 17 heteroatoms. The lowest BCUT2D eigenvalue weighted by Crippen LogP contribution is -2.51. The van der Waals surface area contributed by atoms with Gasteiger partial charge in [0.05, 0.1) is 62.2 Å². The Morgan fingerprint density at radius 2 is 1.21 bits per heavy atom. The second kappa shape index (κ2) is 19.6. The number of H-pyrrole nitrogens is 2. The number of carbonyl (C=O) groups excluding carboxylic acids is 4. The third-order valence-electron chi connectivity index (χ3n) is 15.1. The minimum atomic E-state index is -1.34. The Bertz CT molecular complexity index is 2860. The van der Waals surface area contributed by atoms with Gasteiger partial charge in [0.25, 0.3) is 5.56 Å². The van der Waals surface area contributed by atoms with Gasteiger partial charge in [-0.05, 0) is 94.0 Å². The first-order valence-corrected chi connectivity index (χ1v) is 24.5. The predicted molar refractivity (Wildman–Crippen MR) is 260 cm³/mol. The molecule has 3 aromatic carbocycles. The van der Waals surface area contributed by atoms with E-state index in [2.05, 4.69) is 49.9 Å². The fraction of sp³-hybridized carbons (Fsp3) is 0.491. The van der Waals surface area contributed by atoms with Crippen LogP contribution in [0.1, 0.15) is 108 Å². The van der Waals surface area contributed by atoms with Crippen molar-refractivity contribution in [3.05, 3.63) is 93.9 Å². The number of likely N-dealkylation sites (tertiary alicyclic amines) is 2. The van der Waals surface area contributed by atoms with Crippen LogP contribution < -0.4 is 16.2 Å². The van der Waals surface area contributed by atoms with Crippen molar-refractivity contribution in [2.45, 2.75) is 122 Å². The van der Waals surface area contributed by atoms with Crippen LogP contribution in [0.4, 0.5) is 18.4 Å². The Morgan fingerprint density at radius 1 is 0.700 bits per heavy atom. The zero-order chi connectivity index (χ0) is 49.6. The van der Waals surface area contributed by atoms with Gasteiger partial charge in [0, 0.05) is 12.8 Å². The molecule has 4 heterocycles. The molecule has 6 atom stereocenters. The standard InChI is InChI=1S/C53H62F2N8O7/c1-28(2)44(59-51(67)69-5)49(65)62-26-33(54)21-42(62)46-56-25-41(58-46)31-12-10-30(11-13-31)35-15-16-36(39-24-53(23-38(35)39)18-8-7-9-19-53)32-14-17-40-37(20-32)48(64)61-47(57-40)43-22-34(55)27-63(43)50(66)45(29(3)4)60-52(68)70-6/h10-17,20,25,28-29,33-34,42-45H,7-9,18-19,21-24,26-27H2,1-6H3,(H,56,58)(H,59,67)(H,60,68)(H,57,61,64)/t33-,34+,42-,43+,44+,45+/m1/s1. The summed E-state index contributed by atoms with van der Waals surface area (Å²) in [5, 5.41) is 5.56. The molecule has 0 unspecified atom stereocenters. The molecule has 4 aliphatic rings. The number of aromatic amines is 2. The fourth-order valence-corrected chi connectivity index (χ4v) is 11.4. The Balaban J connectivity index is 0.989. The summed E-state index contributed by atoms with van der Waals surface area (Å²) < 4.78 is 39.6. The van der Waals surface area contributed by atoms with Gasteiger partial charge < -0.3 is 39.9 Å². The lowest BCUT2D eigenvalue weighted by Gasteiger charge is -2.33. The van der Waals surface area contributed by atoms with Crippen LogP contribution in [0.25, 0.3) is 44.4 Å². The Hall–Kier alpha value is -6.65. The van der Waals surface area contributed by atoms with Gasteiger partial charge in [0.1, 0.15) is 36.1 Å². The van der Waals surface area contributed by atoms with E-state index in [9.17, 15) is 28.4 Å². The van der Waals surface area contributed by atoms with Gasteiger partial charge in [-0.2, -0.15) is 0 Å². The molecule has 0 radical (unpaired) electrons. The fourth-order valence-electron chi connectivity index (χ4n) is 11.4. The molecule has 70 heavy (non-hydrogen) atoms. The zero-order valence-electron chi connectivity index (χ0n) is 40.6. The van der Waals surface area contributed by atoms with Crippen LogP contribution in [0.2, 0.25) is 0 Å². The zero-order valence-corrected chi connectivity index (χ0v) is 40.6. The first-order valence-electron chi connectivity index (χ1n) is 24.5. The molecule has 0 bridgehead atoms. The van der Waals surface area contributed by atoms with E-state index >= 15 is 4.39 Å². The summed E-state index contributed by atoms with van der Waals surface area (Å²) in [4.78, 5) is 84.1. The molecular formula is C53H62F2N8O7. The molecule has 4 N–H and O–H groups in total. The van der Waals surface area contributed by atoms with Gasteiger partial charge in [-0.15, -0.1) is 0 Å². The number of amides is 4. The number of halogens is 2. The topological polar surface area (TPSA) is 192 Å². The van der Waals surface area contributed by atoms with E-state index in [-0.39, 0.29) is 54.6 Å². The monoisotopic (exact) mass is 960 g/mol. The van der Waals surface area contributed by atoms with Crippen LogP contribution in [0, 0.1) is 17.3 Å². The van der Waals surface area contributed by atoms with Crippen molar-refractivity contribution in [1.29, 1.82) is 0 Å². The lowest BCUT2D eigenvalue weighted by atomic mass is 9.72. The molecule has 2 aliphatic heterocycles. The van der Waals surface area contributed by atoms with Crippen LogP contribution in [-0.2, 0) is 31.9 Å². The highest BCUT2D eigenvalue weighted by molar-refractivity contribution is 5.89. The van der Waals surface area contributed by atoms with Crippen LogP contribution in [0.15, 0.2) is 65.6 Å². The number of ether oxygens (including phenoxy) is 2. The normalized spacial score (nSPS) is 21.6. The summed E-state index contributed by atoms with van der Waals surface area (Å²) in [6.45, 7) is 6.88. The first-order chi connectivity index (χ1) is 33.6. The Kier molecular flexibility index (Phi) is 13.6. The summed E-state index contributed by atoms with van der Waals surface area (Å²) in [6, 6.07) is 15.0. The largest absolute Gasteiger partial charge is 0.453 e. The molecule has 2 saturated heterocycles. The van der Waals surface area contributed by atoms with Gasteiger partial charge in [-0.3, -0.25) is 14.4 Å². The van der Waals surface area contributed by atoms with E-state index in [0.717, 1.165) is 59.2 Å². The van der Waals surface area contributed by atoms with Gasteiger partial charge in [-0.1, -0.05) is 89.4 Å². The molecule has 5 aromatic rings. The summed E-state index contributed by atoms with van der Waals surface area (Å²) in [7, 11) is 2.44. The maximum Gasteiger partial charge on any atom is 0.407 e. The smallest absolute Gasteiger partial charge is 0.407 e. The molecular weight excluding hydrogens is 899 g/mol. The van der Waals surface area contributed by atoms with Crippen molar-refractivity contribution in [1.82, 2.24) is 40.4 Å². The second-order valence-electron chi connectivity index (χ2n) is 20.4. The molecule has 4 amide bonds. The number of nitrogens with zero attached hydrogens (tertiary/aromatic N) is 4. The predicted octanol–water partition coefficient (Wildman–Crippen LogP) is 8.68.